The van der Waals surface area contributed by atoms with E-state index in [-0.39, 0.29) is 41.0 Å². The van der Waals surface area contributed by atoms with E-state index in [2.05, 4.69) is 57.3 Å². The second-order valence-corrected chi connectivity index (χ2v) is 8.69. The van der Waals surface area contributed by atoms with Crippen LogP contribution in [-0.4, -0.2) is 25.5 Å². The molecule has 168 valence electrons. The van der Waals surface area contributed by atoms with E-state index in [0.29, 0.717) is 11.5 Å². The average Bonchev–Trinajstić information content (AvgIpc) is 2.70. The smallest absolute Gasteiger partial charge is 0.255 e. The molecule has 31 heavy (non-hydrogen) atoms. The van der Waals surface area contributed by atoms with Gasteiger partial charge in [-0.25, -0.2) is 0 Å². The fraction of sp³-hybridized carbons (Fsp3) is 0.417. The van der Waals surface area contributed by atoms with E-state index in [1.165, 1.54) is 24.8 Å². The van der Waals surface area contributed by atoms with Crippen molar-refractivity contribution in [1.29, 1.82) is 0 Å². The number of nitrogens with one attached hydrogen (secondary N) is 1. The van der Waals surface area contributed by atoms with Gasteiger partial charge in [0.15, 0.2) is 18.1 Å². The van der Waals surface area contributed by atoms with Crippen LogP contribution < -0.4 is 20.5 Å². The third-order valence-electron chi connectivity index (χ3n) is 4.79. The van der Waals surface area contributed by atoms with Gasteiger partial charge < -0.3 is 20.5 Å². The predicted octanol–water partition coefficient (Wildman–Crippen LogP) is 4.54. The highest BCUT2D eigenvalue weighted by atomic mass is 35.5. The number of benzene rings is 2. The first-order valence-corrected chi connectivity index (χ1v) is 10.7. The van der Waals surface area contributed by atoms with Crippen LogP contribution in [0.3, 0.4) is 0 Å². The largest absolute Gasteiger partial charge is 0.493 e. The van der Waals surface area contributed by atoms with Crippen molar-refractivity contribution in [2.45, 2.75) is 40.2 Å². The Morgan fingerprint density at radius 3 is 2.26 bits per heavy atom. The Morgan fingerprint density at radius 2 is 1.74 bits per heavy atom. The minimum absolute atomic E-state index is 0.157. The molecule has 1 unspecified atom stereocenters. The molecule has 1 atom stereocenters. The highest BCUT2D eigenvalue weighted by Crippen LogP contribution is 2.36. The van der Waals surface area contributed by atoms with Gasteiger partial charge in [0.25, 0.3) is 11.8 Å². The molecule has 0 aromatic heterocycles. The number of amides is 2. The summed E-state index contributed by atoms with van der Waals surface area (Å²) in [4.78, 5) is 24.0. The third-order valence-corrected chi connectivity index (χ3v) is 5.07. The number of primary amides is 1. The summed E-state index contributed by atoms with van der Waals surface area (Å²) < 4.78 is 10.6. The van der Waals surface area contributed by atoms with Crippen molar-refractivity contribution in [2.24, 2.45) is 17.6 Å². The van der Waals surface area contributed by atoms with Crippen LogP contribution in [0, 0.1) is 11.8 Å². The lowest BCUT2D eigenvalue weighted by molar-refractivity contribution is -0.119. The molecule has 2 rings (SSSR count). The van der Waals surface area contributed by atoms with Gasteiger partial charge in [-0.3, -0.25) is 9.59 Å². The molecular formula is C24H31ClN2O4. The Morgan fingerprint density at radius 1 is 1.10 bits per heavy atom. The minimum Gasteiger partial charge on any atom is -0.493 e. The number of ether oxygens (including phenoxy) is 2. The average molecular weight is 447 g/mol. The summed E-state index contributed by atoms with van der Waals surface area (Å²) in [5.41, 5.74) is 7.76. The molecule has 0 fully saturated rings. The second kappa shape index (κ2) is 11.0. The summed E-state index contributed by atoms with van der Waals surface area (Å²) in [5, 5.41) is 3.25. The maximum Gasteiger partial charge on any atom is 0.255 e. The van der Waals surface area contributed by atoms with Gasteiger partial charge in [-0.2, -0.15) is 0 Å². The molecule has 3 N–H and O–H groups in total. The van der Waals surface area contributed by atoms with Crippen molar-refractivity contribution in [3.8, 4) is 11.5 Å². The molecule has 2 aromatic rings. The first-order valence-electron chi connectivity index (χ1n) is 10.3. The van der Waals surface area contributed by atoms with Gasteiger partial charge in [0.1, 0.15) is 0 Å². The van der Waals surface area contributed by atoms with Gasteiger partial charge in [0.05, 0.1) is 18.2 Å². The number of hydrogen-bond donors (Lipinski definition) is 2. The SMILES string of the molecule is COc1cc(C(=O)NC(c2ccc(CC(C)C)cc2)C(C)C)cc(Cl)c1OCC(N)=O. The summed E-state index contributed by atoms with van der Waals surface area (Å²) in [7, 11) is 1.43. The summed E-state index contributed by atoms with van der Waals surface area (Å²) in [5.74, 6) is 0.251. The molecule has 7 heteroatoms. The van der Waals surface area contributed by atoms with Crippen LogP contribution in [0.2, 0.25) is 5.02 Å². The van der Waals surface area contributed by atoms with Crippen LogP contribution in [0.5, 0.6) is 11.5 Å². The van der Waals surface area contributed by atoms with Crippen LogP contribution in [-0.2, 0) is 11.2 Å². The molecule has 2 amide bonds. The maximum atomic E-state index is 13.0. The Bertz CT molecular complexity index is 911. The lowest BCUT2D eigenvalue weighted by atomic mass is 9.93. The molecule has 0 saturated heterocycles. The van der Waals surface area contributed by atoms with Crippen molar-refractivity contribution < 1.29 is 19.1 Å². The summed E-state index contributed by atoms with van der Waals surface area (Å²) >= 11 is 6.28. The Hall–Kier alpha value is -2.73. The van der Waals surface area contributed by atoms with E-state index >= 15 is 0 Å². The first-order chi connectivity index (χ1) is 14.6. The monoisotopic (exact) mass is 446 g/mol. The molecule has 0 bridgehead atoms. The Kier molecular flexibility index (Phi) is 8.75. The number of halogens is 1. The topological polar surface area (TPSA) is 90.7 Å². The molecule has 0 saturated carbocycles. The molecule has 2 aromatic carbocycles. The molecule has 6 nitrogen and oxygen atoms in total. The summed E-state index contributed by atoms with van der Waals surface area (Å²) in [6.07, 6.45) is 1.02. The van der Waals surface area contributed by atoms with Gasteiger partial charge >= 0.3 is 0 Å². The molecule has 0 radical (unpaired) electrons. The standard InChI is InChI=1S/C24H31ClN2O4/c1-14(2)10-16-6-8-17(9-7-16)22(15(3)4)27-24(29)18-11-19(25)23(20(12-18)30-5)31-13-21(26)28/h6-9,11-12,14-15,22H,10,13H2,1-5H3,(H2,26,28)(H,27,29). The molecule has 0 heterocycles. The normalized spacial score (nSPS) is 12.0. The van der Waals surface area contributed by atoms with Gasteiger partial charge in [-0.1, -0.05) is 63.6 Å². The maximum absolute atomic E-state index is 13.0. The predicted molar refractivity (Wildman–Crippen MR) is 123 cm³/mol. The number of carbonyl (C=O) groups is 2. The van der Waals surface area contributed by atoms with Crippen molar-refractivity contribution in [1.82, 2.24) is 5.32 Å². The van der Waals surface area contributed by atoms with Crippen molar-refractivity contribution in [3.05, 3.63) is 58.1 Å². The quantitative estimate of drug-likeness (QED) is 0.560. The number of carbonyl (C=O) groups excluding carboxylic acids is 2. The fourth-order valence-electron chi connectivity index (χ4n) is 3.33. The fourth-order valence-corrected chi connectivity index (χ4v) is 3.59. The molecule has 0 aliphatic carbocycles. The number of rotatable bonds is 10. The van der Waals surface area contributed by atoms with Crippen LogP contribution in [0.15, 0.2) is 36.4 Å². The summed E-state index contributed by atoms with van der Waals surface area (Å²) in [6, 6.07) is 11.2. The van der Waals surface area contributed by atoms with E-state index in [9.17, 15) is 9.59 Å². The van der Waals surface area contributed by atoms with Crippen molar-refractivity contribution in [2.75, 3.05) is 13.7 Å². The number of hydrogen-bond acceptors (Lipinski definition) is 4. The van der Waals surface area contributed by atoms with E-state index in [1.807, 2.05) is 0 Å². The zero-order valence-electron chi connectivity index (χ0n) is 18.7. The zero-order chi connectivity index (χ0) is 23.1. The number of methoxy groups -OCH3 is 1. The van der Waals surface area contributed by atoms with Crippen LogP contribution in [0.25, 0.3) is 0 Å². The van der Waals surface area contributed by atoms with Gasteiger partial charge in [0.2, 0.25) is 0 Å². The summed E-state index contributed by atoms with van der Waals surface area (Å²) in [6.45, 7) is 8.15. The van der Waals surface area contributed by atoms with Crippen molar-refractivity contribution in [3.63, 3.8) is 0 Å². The van der Waals surface area contributed by atoms with E-state index in [4.69, 9.17) is 26.8 Å². The lowest BCUT2D eigenvalue weighted by Crippen LogP contribution is -2.31. The Labute approximate surface area is 189 Å². The Balaban J connectivity index is 2.24. The van der Waals surface area contributed by atoms with E-state index < -0.39 is 5.91 Å². The van der Waals surface area contributed by atoms with Crippen molar-refractivity contribution >= 4 is 23.4 Å². The first kappa shape index (κ1) is 24.5. The molecule has 0 aliphatic heterocycles. The van der Waals surface area contributed by atoms with Gasteiger partial charge in [-0.05, 0) is 41.5 Å². The van der Waals surface area contributed by atoms with Gasteiger partial charge in [0, 0.05) is 5.56 Å². The van der Waals surface area contributed by atoms with E-state index in [1.54, 1.807) is 0 Å². The second-order valence-electron chi connectivity index (χ2n) is 8.28. The van der Waals surface area contributed by atoms with Crippen LogP contribution in [0.4, 0.5) is 0 Å². The minimum atomic E-state index is -0.640. The third kappa shape index (κ3) is 6.89. The highest BCUT2D eigenvalue weighted by Gasteiger charge is 2.22. The van der Waals surface area contributed by atoms with E-state index in [0.717, 1.165) is 12.0 Å². The zero-order valence-corrected chi connectivity index (χ0v) is 19.5. The van der Waals surface area contributed by atoms with Gasteiger partial charge in [-0.15, -0.1) is 0 Å². The molecular weight excluding hydrogens is 416 g/mol. The molecule has 0 spiro atoms. The number of nitrogens with two attached hydrogens (primary N) is 1. The molecule has 0 aliphatic rings. The highest BCUT2D eigenvalue weighted by molar-refractivity contribution is 6.32. The lowest BCUT2D eigenvalue weighted by Gasteiger charge is -2.24. The van der Waals surface area contributed by atoms with Crippen LogP contribution >= 0.6 is 11.6 Å². The van der Waals surface area contributed by atoms with Crippen LogP contribution in [0.1, 0.15) is 55.2 Å².